The number of aromatic nitrogens is 3. The maximum absolute atomic E-state index is 6.30. The minimum Gasteiger partial charge on any atom is -0.456 e. The quantitative estimate of drug-likeness (QED) is 0.166. The second-order valence-corrected chi connectivity index (χ2v) is 18.6. The van der Waals surface area contributed by atoms with E-state index in [1.165, 1.54) is 61.1 Å². The van der Waals surface area contributed by atoms with Crippen molar-refractivity contribution < 1.29 is 8.83 Å². The van der Waals surface area contributed by atoms with E-state index in [9.17, 15) is 0 Å². The van der Waals surface area contributed by atoms with Gasteiger partial charge in [-0.05, 0) is 153 Å². The van der Waals surface area contributed by atoms with Crippen LogP contribution in [0.25, 0.3) is 110 Å². The van der Waals surface area contributed by atoms with Gasteiger partial charge in [-0.3, -0.25) is 9.97 Å². The highest BCUT2D eigenvalue weighted by Crippen LogP contribution is 2.51. The smallest absolute Gasteiger partial charge is 0.138 e. The third-order valence-electron chi connectivity index (χ3n) is 14.7. The molecule has 0 radical (unpaired) electrons. The molecule has 0 saturated heterocycles. The van der Waals surface area contributed by atoms with Crippen molar-refractivity contribution in [3.8, 4) is 39.1 Å². The lowest BCUT2D eigenvalue weighted by molar-refractivity contribution is 0.668. The van der Waals surface area contributed by atoms with Gasteiger partial charge < -0.3 is 18.3 Å². The van der Waals surface area contributed by atoms with Crippen LogP contribution >= 0.6 is 0 Å². The SMILES string of the molecule is C1=CC2C(C=C1c1ccc3c(c1)oc1ccncc13)c1cc(-c3cccc(-c4ccc5c(c4)c4cc(-c6ccc7c(c6)oc6ccncc67)ccc4n5-c4ccccc4)c3)ccc1N2c1ccccc1. The van der Waals surface area contributed by atoms with Crippen molar-refractivity contribution in [2.45, 2.75) is 12.0 Å². The number of pyridine rings is 2. The number of benzene rings is 8. The number of furan rings is 2. The van der Waals surface area contributed by atoms with E-state index in [4.69, 9.17) is 8.83 Å². The fraction of sp³-hybridized carbons (Fsp3) is 0.0312. The second-order valence-electron chi connectivity index (χ2n) is 18.6. The van der Waals surface area contributed by atoms with Gasteiger partial charge in [0.25, 0.3) is 0 Å². The van der Waals surface area contributed by atoms with E-state index in [2.05, 4.69) is 214 Å². The Labute approximate surface area is 402 Å². The van der Waals surface area contributed by atoms with Crippen molar-refractivity contribution in [1.29, 1.82) is 0 Å². The van der Waals surface area contributed by atoms with Crippen LogP contribution in [0.5, 0.6) is 0 Å². The minimum absolute atomic E-state index is 0.139. The molecule has 1 aliphatic heterocycles. The van der Waals surface area contributed by atoms with Crippen molar-refractivity contribution in [2.24, 2.45) is 0 Å². The lowest BCUT2D eigenvalue weighted by atomic mass is 9.85. The lowest BCUT2D eigenvalue weighted by Crippen LogP contribution is -2.28. The first-order valence-corrected chi connectivity index (χ1v) is 23.8. The molecule has 0 fully saturated rings. The van der Waals surface area contributed by atoms with E-state index >= 15 is 0 Å². The normalized spacial score (nSPS) is 15.4. The molecule has 0 bridgehead atoms. The number of nitrogens with zero attached hydrogens (tertiary/aromatic N) is 4. The van der Waals surface area contributed by atoms with Crippen LogP contribution in [0, 0.1) is 0 Å². The molecule has 6 nitrogen and oxygen atoms in total. The van der Waals surface area contributed by atoms with Gasteiger partial charge in [0.1, 0.15) is 22.3 Å². The maximum Gasteiger partial charge on any atom is 0.138 e. The summed E-state index contributed by atoms with van der Waals surface area (Å²) in [5.74, 6) is 0.140. The van der Waals surface area contributed by atoms with Crippen LogP contribution in [-0.4, -0.2) is 20.6 Å². The Kier molecular flexibility index (Phi) is 8.38. The first-order chi connectivity index (χ1) is 34.7. The van der Waals surface area contributed by atoms with Gasteiger partial charge in [-0.1, -0.05) is 103 Å². The third-order valence-corrected chi connectivity index (χ3v) is 14.7. The molecule has 13 aromatic rings. The standard InChI is InChI=1S/C64H40N4O2/c1-3-10-47(11-4-1)67-57-22-16-41(31-51(57)53-33-43(18-24-59(53)67)45-14-20-49-55-37-65-28-26-61(55)69-63(49)35-45)39-8-7-9-40(30-39)42-17-23-58-52(32-42)54-34-44(19-25-60(54)68(58)48-12-5-2-6-13-48)46-15-21-50-56-38-66-29-27-62(56)70-64(50)36-46/h1-38,53,59H. The minimum atomic E-state index is 0.139. The van der Waals surface area contributed by atoms with Gasteiger partial charge in [-0.25, -0.2) is 0 Å². The van der Waals surface area contributed by atoms with E-state index in [-0.39, 0.29) is 12.0 Å². The molecule has 1 aliphatic carbocycles. The molecule has 0 amide bonds. The van der Waals surface area contributed by atoms with Crippen LogP contribution < -0.4 is 4.90 Å². The Morgan fingerprint density at radius 3 is 1.60 bits per heavy atom. The highest BCUT2D eigenvalue weighted by molar-refractivity contribution is 6.12. The van der Waals surface area contributed by atoms with Crippen molar-refractivity contribution in [2.75, 3.05) is 4.90 Å². The van der Waals surface area contributed by atoms with E-state index < -0.39 is 0 Å². The molecule has 2 atom stereocenters. The van der Waals surface area contributed by atoms with Gasteiger partial charge in [0, 0.05) is 80.1 Å². The molecule has 2 unspecified atom stereocenters. The third kappa shape index (κ3) is 5.99. The molecule has 15 rings (SSSR count). The van der Waals surface area contributed by atoms with Crippen molar-refractivity contribution in [3.05, 3.63) is 242 Å². The fourth-order valence-electron chi connectivity index (χ4n) is 11.4. The van der Waals surface area contributed by atoms with Crippen LogP contribution in [0.1, 0.15) is 17.0 Å². The molecule has 328 valence electrons. The Bertz CT molecular complexity index is 4330. The summed E-state index contributed by atoms with van der Waals surface area (Å²) in [5.41, 5.74) is 19.9. The van der Waals surface area contributed by atoms with Crippen LogP contribution in [0.3, 0.4) is 0 Å². The van der Waals surface area contributed by atoms with E-state index in [0.717, 1.165) is 71.8 Å². The molecule has 2 aliphatic rings. The number of hydrogen-bond acceptors (Lipinski definition) is 5. The Morgan fingerprint density at radius 1 is 0.400 bits per heavy atom. The van der Waals surface area contributed by atoms with Gasteiger partial charge in [0.15, 0.2) is 0 Å². The summed E-state index contributed by atoms with van der Waals surface area (Å²) in [7, 11) is 0. The van der Waals surface area contributed by atoms with Gasteiger partial charge in [0.2, 0.25) is 0 Å². The first kappa shape index (κ1) is 38.8. The Balaban J connectivity index is 0.826. The number of hydrogen-bond donors (Lipinski definition) is 0. The fourth-order valence-corrected chi connectivity index (χ4v) is 11.4. The molecular weight excluding hydrogens is 857 g/mol. The molecule has 70 heavy (non-hydrogen) atoms. The highest BCUT2D eigenvalue weighted by Gasteiger charge is 2.38. The zero-order chi connectivity index (χ0) is 45.9. The molecular formula is C64H40N4O2. The Hall–Kier alpha value is -9.26. The van der Waals surface area contributed by atoms with Gasteiger partial charge in [-0.15, -0.1) is 0 Å². The van der Waals surface area contributed by atoms with Crippen LogP contribution in [0.15, 0.2) is 240 Å². The molecule has 0 N–H and O–H groups in total. The Morgan fingerprint density at radius 2 is 0.943 bits per heavy atom. The summed E-state index contributed by atoms with van der Waals surface area (Å²) >= 11 is 0. The van der Waals surface area contributed by atoms with E-state index in [0.29, 0.717) is 0 Å². The molecule has 0 saturated carbocycles. The number of allylic oxidation sites excluding steroid dienone is 2. The first-order valence-electron chi connectivity index (χ1n) is 23.8. The van der Waals surface area contributed by atoms with Crippen molar-refractivity contribution in [1.82, 2.24) is 14.5 Å². The van der Waals surface area contributed by atoms with Crippen LogP contribution in [-0.2, 0) is 0 Å². The summed E-state index contributed by atoms with van der Waals surface area (Å²) in [6.07, 6.45) is 14.4. The van der Waals surface area contributed by atoms with Crippen molar-refractivity contribution in [3.63, 3.8) is 0 Å². The summed E-state index contributed by atoms with van der Waals surface area (Å²) < 4.78 is 15.0. The molecule has 6 heteroatoms. The van der Waals surface area contributed by atoms with Crippen molar-refractivity contribution >= 4 is 82.6 Å². The zero-order valence-electron chi connectivity index (χ0n) is 37.7. The predicted octanol–water partition coefficient (Wildman–Crippen LogP) is 16.6. The second kappa shape index (κ2) is 15.1. The lowest BCUT2D eigenvalue weighted by Gasteiger charge is -2.29. The largest absolute Gasteiger partial charge is 0.456 e. The highest BCUT2D eigenvalue weighted by atomic mass is 16.3. The molecule has 8 aromatic carbocycles. The average molecular weight is 897 g/mol. The number of para-hydroxylation sites is 2. The number of anilines is 2. The zero-order valence-corrected chi connectivity index (χ0v) is 37.7. The molecule has 5 aromatic heterocycles. The summed E-state index contributed by atoms with van der Waals surface area (Å²) in [4.78, 5) is 11.2. The van der Waals surface area contributed by atoms with Crippen LogP contribution in [0.4, 0.5) is 11.4 Å². The number of rotatable bonds is 6. The van der Waals surface area contributed by atoms with E-state index in [1.54, 1.807) is 12.4 Å². The van der Waals surface area contributed by atoms with Gasteiger partial charge in [0.05, 0.1) is 17.1 Å². The molecule has 0 spiro atoms. The molecule has 6 heterocycles. The van der Waals surface area contributed by atoms with Gasteiger partial charge in [-0.2, -0.15) is 0 Å². The summed E-state index contributed by atoms with van der Waals surface area (Å²) in [6.45, 7) is 0. The monoisotopic (exact) mass is 896 g/mol. The summed E-state index contributed by atoms with van der Waals surface area (Å²) in [6, 6.07) is 68.4. The van der Waals surface area contributed by atoms with Crippen LogP contribution in [0.2, 0.25) is 0 Å². The van der Waals surface area contributed by atoms with Gasteiger partial charge >= 0.3 is 0 Å². The average Bonchev–Trinajstić information content (AvgIpc) is 4.18. The predicted molar refractivity (Wildman–Crippen MR) is 286 cm³/mol. The summed E-state index contributed by atoms with van der Waals surface area (Å²) in [5, 5.41) is 6.62. The number of fused-ring (bicyclic) bond motifs is 12. The maximum atomic E-state index is 6.30. The van der Waals surface area contributed by atoms with E-state index in [1.807, 2.05) is 24.5 Å². The topological polar surface area (TPSA) is 60.2 Å².